The van der Waals surface area contributed by atoms with Crippen molar-refractivity contribution in [3.63, 3.8) is 0 Å². The van der Waals surface area contributed by atoms with Gasteiger partial charge in [-0.05, 0) is 53.9 Å². The smallest absolute Gasteiger partial charge is 0.339 e. The number of fused-ring (bicyclic) bond motifs is 1. The van der Waals surface area contributed by atoms with Crippen LogP contribution in [-0.4, -0.2) is 54.6 Å². The number of amides is 2. The van der Waals surface area contributed by atoms with E-state index in [1.807, 2.05) is 12.1 Å². The average molecular weight is 545 g/mol. The van der Waals surface area contributed by atoms with Crippen LogP contribution in [0.3, 0.4) is 0 Å². The number of anilines is 1. The van der Waals surface area contributed by atoms with Gasteiger partial charge in [-0.25, -0.2) is 9.69 Å². The zero-order valence-electron chi connectivity index (χ0n) is 21.1. The lowest BCUT2D eigenvalue weighted by atomic mass is 10.1. The molecule has 1 saturated heterocycles. The molecule has 0 spiro atoms. The molecule has 3 aromatic carbocycles. The summed E-state index contributed by atoms with van der Waals surface area (Å²) < 4.78 is 15.7. The van der Waals surface area contributed by atoms with E-state index in [1.165, 1.54) is 25.2 Å². The molecule has 5 rings (SSSR count). The number of methoxy groups -OCH3 is 2. The maximum atomic E-state index is 13.2. The number of H-pyrrole nitrogens is 1. The molecule has 1 aliphatic heterocycles. The summed E-state index contributed by atoms with van der Waals surface area (Å²) in [7, 11) is 2.95. The van der Waals surface area contributed by atoms with Gasteiger partial charge in [-0.3, -0.25) is 14.4 Å². The fourth-order valence-electron chi connectivity index (χ4n) is 4.34. The zero-order valence-corrected chi connectivity index (χ0v) is 21.9. The quantitative estimate of drug-likeness (QED) is 0.184. The van der Waals surface area contributed by atoms with Crippen molar-refractivity contribution in [3.8, 4) is 11.5 Å². The number of nitrogens with one attached hydrogen (secondary N) is 1. The largest absolute Gasteiger partial charge is 0.493 e. The van der Waals surface area contributed by atoms with E-state index < -0.39 is 23.6 Å². The lowest BCUT2D eigenvalue weighted by molar-refractivity contribution is -0.121. The molecule has 4 aromatic rings. The minimum Gasteiger partial charge on any atom is -0.493 e. The average Bonchev–Trinajstić information content (AvgIpc) is 3.54. The van der Waals surface area contributed by atoms with E-state index in [0.717, 1.165) is 22.7 Å². The normalized spacial score (nSPS) is 15.0. The number of ether oxygens (including phenoxy) is 3. The van der Waals surface area contributed by atoms with Crippen molar-refractivity contribution in [1.29, 1.82) is 0 Å². The highest BCUT2D eigenvalue weighted by Crippen LogP contribution is 2.36. The summed E-state index contributed by atoms with van der Waals surface area (Å²) in [6.45, 7) is -0.483. The Labute approximate surface area is 228 Å². The first kappa shape index (κ1) is 26.1. The lowest BCUT2D eigenvalue weighted by Gasteiger charge is -2.16. The topological polar surface area (TPSA) is 115 Å². The number of ketones is 1. The van der Waals surface area contributed by atoms with Gasteiger partial charge in [-0.1, -0.05) is 18.2 Å². The standard InChI is InChI=1S/C29H24N2O7S/c1-36-23-10-8-18(13-24(23)37-2)22(32)16-38-29(35)20-5-3-4-6-25(20)39-26-15-27(33)31(28(26)34)19-9-7-17-11-12-30-21(17)14-19/h3-14,26,30H,15-16H2,1-2H3. The number of aromatic amines is 1. The molecule has 198 valence electrons. The molecule has 1 unspecified atom stereocenters. The molecule has 2 amide bonds. The fraction of sp³-hybridized carbons (Fsp3) is 0.172. The van der Waals surface area contributed by atoms with E-state index in [-0.39, 0.29) is 23.8 Å². The van der Waals surface area contributed by atoms with E-state index >= 15 is 0 Å². The molecule has 0 bridgehead atoms. The first-order valence-electron chi connectivity index (χ1n) is 12.0. The van der Waals surface area contributed by atoms with E-state index in [4.69, 9.17) is 14.2 Å². The van der Waals surface area contributed by atoms with Crippen LogP contribution in [0.4, 0.5) is 5.69 Å². The predicted molar refractivity (Wildman–Crippen MR) is 146 cm³/mol. The van der Waals surface area contributed by atoms with Crippen LogP contribution < -0.4 is 14.4 Å². The maximum Gasteiger partial charge on any atom is 0.339 e. The van der Waals surface area contributed by atoms with E-state index in [2.05, 4.69) is 4.98 Å². The van der Waals surface area contributed by atoms with Gasteiger partial charge in [0.05, 0.1) is 30.7 Å². The Morgan fingerprint density at radius 3 is 2.56 bits per heavy atom. The Morgan fingerprint density at radius 2 is 1.77 bits per heavy atom. The summed E-state index contributed by atoms with van der Waals surface area (Å²) >= 11 is 1.13. The van der Waals surface area contributed by atoms with Gasteiger partial charge in [0.1, 0.15) is 0 Å². The number of imide groups is 1. The number of rotatable bonds is 9. The number of aromatic nitrogens is 1. The molecule has 0 aliphatic carbocycles. The van der Waals surface area contributed by atoms with Gasteiger partial charge in [-0.15, -0.1) is 11.8 Å². The number of Topliss-reactive ketones (excluding diaryl/α,β-unsaturated/α-hetero) is 1. The SMILES string of the molecule is COc1ccc(C(=O)COC(=O)c2ccccc2SC2CC(=O)N(c3ccc4cc[nH]c4c3)C2=O)cc1OC. The van der Waals surface area contributed by atoms with Gasteiger partial charge < -0.3 is 19.2 Å². The summed E-state index contributed by atoms with van der Waals surface area (Å²) in [6, 6.07) is 18.6. The van der Waals surface area contributed by atoms with Crippen molar-refractivity contribution in [1.82, 2.24) is 4.98 Å². The third-order valence-corrected chi connectivity index (χ3v) is 7.58. The minimum atomic E-state index is -0.710. The molecule has 39 heavy (non-hydrogen) atoms. The van der Waals surface area contributed by atoms with Crippen molar-refractivity contribution in [2.45, 2.75) is 16.6 Å². The van der Waals surface area contributed by atoms with Crippen molar-refractivity contribution >= 4 is 51.9 Å². The first-order chi connectivity index (χ1) is 18.9. The van der Waals surface area contributed by atoms with Crippen LogP contribution in [0, 0.1) is 0 Å². The third kappa shape index (κ3) is 5.23. The summed E-state index contributed by atoms with van der Waals surface area (Å²) in [6.07, 6.45) is 1.78. The van der Waals surface area contributed by atoms with Gasteiger partial charge in [-0.2, -0.15) is 0 Å². The number of thioether (sulfide) groups is 1. The summed E-state index contributed by atoms with van der Waals surface area (Å²) in [5.74, 6) is -0.945. The van der Waals surface area contributed by atoms with E-state index in [9.17, 15) is 19.2 Å². The van der Waals surface area contributed by atoms with Crippen molar-refractivity contribution in [2.75, 3.05) is 25.7 Å². The van der Waals surface area contributed by atoms with Gasteiger partial charge in [0, 0.05) is 28.6 Å². The summed E-state index contributed by atoms with van der Waals surface area (Å²) in [5.41, 5.74) is 1.81. The van der Waals surface area contributed by atoms with Crippen LogP contribution in [-0.2, 0) is 14.3 Å². The van der Waals surface area contributed by atoms with Gasteiger partial charge >= 0.3 is 5.97 Å². The van der Waals surface area contributed by atoms with Crippen LogP contribution in [0.5, 0.6) is 11.5 Å². The molecular formula is C29H24N2O7S. The van der Waals surface area contributed by atoms with Crippen molar-refractivity contribution in [2.24, 2.45) is 0 Å². The van der Waals surface area contributed by atoms with Crippen LogP contribution in [0.15, 0.2) is 77.8 Å². The molecule has 0 radical (unpaired) electrons. The molecular weight excluding hydrogens is 520 g/mol. The number of hydrogen-bond donors (Lipinski definition) is 1. The third-order valence-electron chi connectivity index (χ3n) is 6.32. The van der Waals surface area contributed by atoms with Crippen molar-refractivity contribution in [3.05, 3.63) is 84.1 Å². The second-order valence-corrected chi connectivity index (χ2v) is 9.94. The molecule has 9 nitrogen and oxygen atoms in total. The summed E-state index contributed by atoms with van der Waals surface area (Å²) in [4.78, 5) is 56.4. The molecule has 1 fully saturated rings. The second-order valence-electron chi connectivity index (χ2n) is 8.69. The number of carbonyl (C=O) groups excluding carboxylic acids is 4. The molecule has 2 heterocycles. The van der Waals surface area contributed by atoms with Crippen LogP contribution >= 0.6 is 11.8 Å². The Bertz CT molecular complexity index is 1600. The zero-order chi connectivity index (χ0) is 27.5. The first-order valence-corrected chi connectivity index (χ1v) is 12.9. The number of carbonyl (C=O) groups is 4. The second kappa shape index (κ2) is 11.0. The van der Waals surface area contributed by atoms with E-state index in [1.54, 1.807) is 54.7 Å². The molecule has 1 atom stereocenters. The van der Waals surface area contributed by atoms with Crippen molar-refractivity contribution < 1.29 is 33.4 Å². The lowest BCUT2D eigenvalue weighted by Crippen LogP contribution is -2.31. The van der Waals surface area contributed by atoms with E-state index in [0.29, 0.717) is 27.6 Å². The minimum absolute atomic E-state index is 0.00651. The Morgan fingerprint density at radius 1 is 0.974 bits per heavy atom. The highest BCUT2D eigenvalue weighted by Gasteiger charge is 2.40. The molecule has 10 heteroatoms. The molecule has 1 aromatic heterocycles. The molecule has 1 N–H and O–H groups in total. The Balaban J connectivity index is 1.27. The monoisotopic (exact) mass is 544 g/mol. The van der Waals surface area contributed by atoms with Gasteiger partial charge in [0.2, 0.25) is 11.8 Å². The van der Waals surface area contributed by atoms with Crippen LogP contribution in [0.1, 0.15) is 27.1 Å². The maximum absolute atomic E-state index is 13.2. The highest BCUT2D eigenvalue weighted by molar-refractivity contribution is 8.00. The fourth-order valence-corrected chi connectivity index (χ4v) is 5.51. The highest BCUT2D eigenvalue weighted by atomic mass is 32.2. The molecule has 1 aliphatic rings. The Kier molecular flexibility index (Phi) is 7.38. The number of hydrogen-bond acceptors (Lipinski definition) is 8. The van der Waals surface area contributed by atoms with Gasteiger partial charge in [0.25, 0.3) is 0 Å². The number of benzene rings is 3. The number of nitrogens with zero attached hydrogens (tertiary/aromatic N) is 1. The Hall–Kier alpha value is -4.57. The number of esters is 1. The van der Waals surface area contributed by atoms with Crippen LogP contribution in [0.2, 0.25) is 0 Å². The van der Waals surface area contributed by atoms with Crippen LogP contribution in [0.25, 0.3) is 10.9 Å². The predicted octanol–water partition coefficient (Wildman–Crippen LogP) is 4.65. The molecule has 0 saturated carbocycles. The summed E-state index contributed by atoms with van der Waals surface area (Å²) in [5, 5.41) is 0.264. The van der Waals surface area contributed by atoms with Gasteiger partial charge in [0.15, 0.2) is 23.9 Å².